The molecule has 2 amide bonds. The first kappa shape index (κ1) is 17.8. The summed E-state index contributed by atoms with van der Waals surface area (Å²) < 4.78 is 0. The molecule has 2 fully saturated rings. The number of aryl methyl sites for hydroxylation is 1. The minimum atomic E-state index is -0.459. The Kier molecular flexibility index (Phi) is 4.09. The lowest BCUT2D eigenvalue weighted by atomic mass is 9.78. The highest BCUT2D eigenvalue weighted by molar-refractivity contribution is 5.96. The molecule has 27 heavy (non-hydrogen) atoms. The van der Waals surface area contributed by atoms with Gasteiger partial charge < -0.3 is 9.80 Å². The van der Waals surface area contributed by atoms with E-state index in [1.165, 1.54) is 0 Å². The molecule has 8 heteroatoms. The second kappa shape index (κ2) is 6.21. The first-order valence-electron chi connectivity index (χ1n) is 9.51. The minimum absolute atomic E-state index is 0.175. The number of fused-ring (bicyclic) bond motifs is 1. The van der Waals surface area contributed by atoms with Crippen molar-refractivity contribution in [3.63, 3.8) is 0 Å². The van der Waals surface area contributed by atoms with Crippen molar-refractivity contribution in [2.24, 2.45) is 5.41 Å². The van der Waals surface area contributed by atoms with E-state index in [1.807, 2.05) is 18.7 Å². The predicted molar refractivity (Wildman–Crippen MR) is 100 cm³/mol. The lowest BCUT2D eigenvalue weighted by Gasteiger charge is -2.41. The van der Waals surface area contributed by atoms with Crippen LogP contribution in [0.5, 0.6) is 0 Å². The number of piperidine rings is 1. The summed E-state index contributed by atoms with van der Waals surface area (Å²) in [6.45, 7) is 7.66. The van der Waals surface area contributed by atoms with Crippen molar-refractivity contribution < 1.29 is 9.59 Å². The van der Waals surface area contributed by atoms with Crippen LogP contribution < -0.4 is 5.56 Å². The van der Waals surface area contributed by atoms with Gasteiger partial charge >= 0.3 is 0 Å². The van der Waals surface area contributed by atoms with Crippen LogP contribution in [0.25, 0.3) is 11.0 Å². The van der Waals surface area contributed by atoms with E-state index in [4.69, 9.17) is 0 Å². The van der Waals surface area contributed by atoms with Crippen LogP contribution in [0.2, 0.25) is 0 Å². The van der Waals surface area contributed by atoms with Crippen LogP contribution in [0, 0.1) is 12.3 Å². The highest BCUT2D eigenvalue weighted by Gasteiger charge is 2.50. The van der Waals surface area contributed by atoms with Crippen molar-refractivity contribution in [2.45, 2.75) is 46.1 Å². The number of hydrogen-bond acceptors (Lipinski definition) is 4. The molecule has 2 N–H and O–H groups in total. The molecule has 0 aromatic carbocycles. The zero-order valence-electron chi connectivity index (χ0n) is 16.0. The molecule has 2 aliphatic heterocycles. The number of H-pyrrole nitrogens is 2. The number of nitrogens with one attached hydrogen (secondary N) is 2. The minimum Gasteiger partial charge on any atom is -0.340 e. The quantitative estimate of drug-likeness (QED) is 0.833. The van der Waals surface area contributed by atoms with Gasteiger partial charge in [-0.3, -0.25) is 24.6 Å². The van der Waals surface area contributed by atoms with Crippen LogP contribution in [-0.2, 0) is 4.79 Å². The average molecular weight is 371 g/mol. The van der Waals surface area contributed by atoms with E-state index in [9.17, 15) is 14.4 Å². The lowest BCUT2D eigenvalue weighted by molar-refractivity contribution is -0.147. The Bertz CT molecular complexity index is 975. The maximum absolute atomic E-state index is 13.1. The van der Waals surface area contributed by atoms with E-state index < -0.39 is 5.41 Å². The molecule has 1 atom stereocenters. The number of aromatic amines is 2. The van der Waals surface area contributed by atoms with E-state index >= 15 is 0 Å². The molecule has 1 spiro atoms. The zero-order valence-corrected chi connectivity index (χ0v) is 16.0. The number of aromatic nitrogens is 3. The van der Waals surface area contributed by atoms with Crippen molar-refractivity contribution >= 4 is 22.8 Å². The molecule has 0 aliphatic carbocycles. The average Bonchev–Trinajstić information content (AvgIpc) is 3.22. The summed E-state index contributed by atoms with van der Waals surface area (Å²) in [4.78, 5) is 45.9. The summed E-state index contributed by atoms with van der Waals surface area (Å²) in [6.07, 6.45) is 2.50. The molecular formula is C19H25N5O3. The molecule has 4 rings (SSSR count). The monoisotopic (exact) mass is 371 g/mol. The summed E-state index contributed by atoms with van der Waals surface area (Å²) in [5, 5.41) is 5.69. The second-order valence-electron chi connectivity index (χ2n) is 8.08. The number of likely N-dealkylation sites (tertiary alicyclic amines) is 2. The van der Waals surface area contributed by atoms with Crippen LogP contribution in [0.15, 0.2) is 10.9 Å². The summed E-state index contributed by atoms with van der Waals surface area (Å²) in [5.74, 6) is -0.0120. The fourth-order valence-electron chi connectivity index (χ4n) is 4.52. The number of pyridine rings is 1. The Balaban J connectivity index is 1.59. The van der Waals surface area contributed by atoms with Gasteiger partial charge in [-0.2, -0.15) is 0 Å². The van der Waals surface area contributed by atoms with E-state index in [0.29, 0.717) is 41.8 Å². The van der Waals surface area contributed by atoms with Gasteiger partial charge in [-0.1, -0.05) is 0 Å². The Morgan fingerprint density at radius 1 is 1.22 bits per heavy atom. The molecule has 8 nitrogen and oxygen atoms in total. The predicted octanol–water partition coefficient (Wildman–Crippen LogP) is 1.42. The summed E-state index contributed by atoms with van der Waals surface area (Å²) in [5.41, 5.74) is 0.697. The Morgan fingerprint density at radius 3 is 2.74 bits per heavy atom. The third-order valence-electron chi connectivity index (χ3n) is 5.99. The second-order valence-corrected chi connectivity index (χ2v) is 8.08. The number of carbonyl (C=O) groups is 2. The van der Waals surface area contributed by atoms with Crippen molar-refractivity contribution in [3.05, 3.63) is 27.7 Å². The number of amides is 2. The van der Waals surface area contributed by atoms with Crippen molar-refractivity contribution in [1.82, 2.24) is 25.0 Å². The first-order valence-corrected chi connectivity index (χ1v) is 9.51. The van der Waals surface area contributed by atoms with Crippen molar-refractivity contribution in [2.75, 3.05) is 19.6 Å². The van der Waals surface area contributed by atoms with Gasteiger partial charge in [-0.25, -0.2) is 4.98 Å². The largest absolute Gasteiger partial charge is 0.340 e. The lowest BCUT2D eigenvalue weighted by Crippen LogP contribution is -2.52. The topological polar surface area (TPSA) is 102 Å². The van der Waals surface area contributed by atoms with Gasteiger partial charge in [-0.05, 0) is 51.7 Å². The Morgan fingerprint density at radius 2 is 2.00 bits per heavy atom. The molecule has 2 aromatic rings. The number of carbonyl (C=O) groups excluding carboxylic acids is 2. The fraction of sp³-hybridized carbons (Fsp3) is 0.579. The number of nitrogens with zero attached hydrogens (tertiary/aromatic N) is 3. The highest BCUT2D eigenvalue weighted by Crippen LogP contribution is 2.41. The van der Waals surface area contributed by atoms with Crippen molar-refractivity contribution in [3.8, 4) is 0 Å². The first-order chi connectivity index (χ1) is 12.8. The maximum Gasteiger partial charge on any atom is 0.273 e. The van der Waals surface area contributed by atoms with Crippen LogP contribution >= 0.6 is 0 Å². The molecule has 4 heterocycles. The molecule has 2 aromatic heterocycles. The summed E-state index contributed by atoms with van der Waals surface area (Å²) >= 11 is 0. The molecule has 0 unspecified atom stereocenters. The van der Waals surface area contributed by atoms with E-state index in [0.717, 1.165) is 19.4 Å². The van der Waals surface area contributed by atoms with E-state index in [1.54, 1.807) is 17.9 Å². The van der Waals surface area contributed by atoms with Gasteiger partial charge in [0, 0.05) is 25.7 Å². The van der Waals surface area contributed by atoms with Gasteiger partial charge in [0.1, 0.15) is 5.69 Å². The van der Waals surface area contributed by atoms with Crippen LogP contribution in [0.4, 0.5) is 0 Å². The molecule has 0 saturated carbocycles. The SMILES string of the molecule is Cc1cc(C(=O)N2CC[C@]3(CCCN(C(C)C)C3=O)C2)nc2[nH][nH]c(=O)c12. The summed E-state index contributed by atoms with van der Waals surface area (Å²) in [6, 6.07) is 1.83. The van der Waals surface area contributed by atoms with Crippen molar-refractivity contribution in [1.29, 1.82) is 0 Å². The molecule has 0 bridgehead atoms. The standard InChI is InChI=1S/C19H25N5O3/c1-11(2)24-7-4-5-19(18(24)27)6-8-23(10-19)17(26)13-9-12(3)14-15(20-13)21-22-16(14)25/h9,11H,4-8,10H2,1-3H3,(H2,20,21,22,25)/t19-/m1/s1. The molecule has 144 valence electrons. The third kappa shape index (κ3) is 2.74. The summed E-state index contributed by atoms with van der Waals surface area (Å²) in [7, 11) is 0. The van der Waals surface area contributed by atoms with Crippen LogP contribution in [-0.4, -0.2) is 62.5 Å². The van der Waals surface area contributed by atoms with E-state index in [2.05, 4.69) is 15.2 Å². The van der Waals surface area contributed by atoms with Gasteiger partial charge in [0.05, 0.1) is 10.8 Å². The third-order valence-corrected chi connectivity index (χ3v) is 5.99. The highest BCUT2D eigenvalue weighted by atomic mass is 16.2. The van der Waals surface area contributed by atoms with Crippen LogP contribution in [0.1, 0.15) is 49.2 Å². The molecule has 2 saturated heterocycles. The molecule has 2 aliphatic rings. The van der Waals surface area contributed by atoms with Gasteiger partial charge in [0.2, 0.25) is 5.91 Å². The molecule has 0 radical (unpaired) electrons. The van der Waals surface area contributed by atoms with Gasteiger partial charge in [0.25, 0.3) is 11.5 Å². The smallest absolute Gasteiger partial charge is 0.273 e. The maximum atomic E-state index is 13.1. The van der Waals surface area contributed by atoms with Gasteiger partial charge in [-0.15, -0.1) is 0 Å². The van der Waals surface area contributed by atoms with Crippen LogP contribution in [0.3, 0.4) is 0 Å². The Hall–Kier alpha value is -2.64. The number of hydrogen-bond donors (Lipinski definition) is 2. The fourth-order valence-corrected chi connectivity index (χ4v) is 4.52. The van der Waals surface area contributed by atoms with Gasteiger partial charge in [0.15, 0.2) is 5.65 Å². The Labute approximate surface area is 156 Å². The van der Waals surface area contributed by atoms with E-state index in [-0.39, 0.29) is 23.4 Å². The number of rotatable bonds is 2. The zero-order chi connectivity index (χ0) is 19.3. The molecular weight excluding hydrogens is 346 g/mol. The normalized spacial score (nSPS) is 23.2.